The van der Waals surface area contributed by atoms with Crippen molar-refractivity contribution in [2.45, 2.75) is 52.5 Å². The van der Waals surface area contributed by atoms with Gasteiger partial charge in [-0.05, 0) is 99.7 Å². The van der Waals surface area contributed by atoms with Crippen molar-refractivity contribution in [2.24, 2.45) is 0 Å². The zero-order chi connectivity index (χ0) is 25.2. The van der Waals surface area contributed by atoms with Gasteiger partial charge >= 0.3 is 0 Å². The van der Waals surface area contributed by atoms with Crippen LogP contribution in [-0.4, -0.2) is 20.9 Å². The average molecular weight is 499 g/mol. The molecule has 1 N–H and O–H groups in total. The predicted octanol–water partition coefficient (Wildman–Crippen LogP) is 5.95. The summed E-state index contributed by atoms with van der Waals surface area (Å²) in [6.07, 6.45) is 0. The molecule has 0 fully saturated rings. The summed E-state index contributed by atoms with van der Waals surface area (Å²) in [6, 6.07) is 15.4. The summed E-state index contributed by atoms with van der Waals surface area (Å²) in [6.45, 7) is 11.3. The predicted molar refractivity (Wildman–Crippen MR) is 139 cm³/mol. The number of sulfonamides is 1. The lowest BCUT2D eigenvalue weighted by Crippen LogP contribution is -2.42. The Morgan fingerprint density at radius 1 is 0.882 bits per heavy atom. The molecule has 3 rings (SSSR count). The van der Waals surface area contributed by atoms with Crippen molar-refractivity contribution in [3.8, 4) is 0 Å². The molecule has 0 radical (unpaired) electrons. The molecule has 0 aromatic heterocycles. The zero-order valence-corrected chi connectivity index (χ0v) is 22.0. The van der Waals surface area contributed by atoms with Gasteiger partial charge in [0.1, 0.15) is 6.54 Å². The van der Waals surface area contributed by atoms with Crippen LogP contribution in [0.15, 0.2) is 59.5 Å². The first-order valence-corrected chi connectivity index (χ1v) is 12.9. The molecule has 180 valence electrons. The molecule has 0 saturated carbocycles. The van der Waals surface area contributed by atoms with Crippen molar-refractivity contribution in [1.29, 1.82) is 0 Å². The Kier molecular flexibility index (Phi) is 7.74. The highest BCUT2D eigenvalue weighted by atomic mass is 35.5. The Hall–Kier alpha value is -2.83. The third-order valence-corrected chi connectivity index (χ3v) is 8.06. The van der Waals surface area contributed by atoms with E-state index in [2.05, 4.69) is 24.4 Å². The summed E-state index contributed by atoms with van der Waals surface area (Å²) < 4.78 is 28.4. The van der Waals surface area contributed by atoms with Crippen LogP contribution in [0.4, 0.5) is 5.69 Å². The molecule has 1 amide bonds. The lowest BCUT2D eigenvalue weighted by atomic mass is 9.96. The Morgan fingerprint density at radius 3 is 2.12 bits per heavy atom. The summed E-state index contributed by atoms with van der Waals surface area (Å²) in [5.74, 6) is -0.393. The minimum Gasteiger partial charge on any atom is -0.348 e. The molecule has 34 heavy (non-hydrogen) atoms. The fourth-order valence-corrected chi connectivity index (χ4v) is 5.69. The minimum atomic E-state index is -3.99. The van der Waals surface area contributed by atoms with E-state index in [1.54, 1.807) is 49.4 Å². The molecular weight excluding hydrogens is 468 g/mol. The SMILES string of the molecule is Cc1ccc(S(=O)(=O)N(CC(=O)N[C@H](C)c2cc(C)c(C)cc2C)c2ccc(Cl)cc2C)cc1. The molecule has 1 atom stereocenters. The largest absolute Gasteiger partial charge is 0.348 e. The quantitative estimate of drug-likeness (QED) is 0.437. The molecule has 0 aliphatic rings. The Bertz CT molecular complexity index is 1320. The molecule has 0 bridgehead atoms. The molecular formula is C27H31ClN2O3S. The van der Waals surface area contributed by atoms with Crippen molar-refractivity contribution in [3.05, 3.63) is 93.0 Å². The summed E-state index contributed by atoms with van der Waals surface area (Å²) in [5, 5.41) is 3.47. The Balaban J connectivity index is 1.95. The number of aryl methyl sites for hydroxylation is 5. The molecule has 0 saturated heterocycles. The standard InChI is InChI=1S/C27H31ClN2O3S/c1-17-7-10-24(11-8-17)34(32,33)30(26-12-9-23(28)14-21(26)5)16-27(31)29-22(6)25-15-19(3)18(2)13-20(25)4/h7-15,22H,16H2,1-6H3,(H,29,31)/t22-/m1/s1. The van der Waals surface area contributed by atoms with Crippen LogP contribution in [0.25, 0.3) is 0 Å². The van der Waals surface area contributed by atoms with Crippen molar-refractivity contribution < 1.29 is 13.2 Å². The monoisotopic (exact) mass is 498 g/mol. The highest BCUT2D eigenvalue weighted by Gasteiger charge is 2.29. The second-order valence-corrected chi connectivity index (χ2v) is 11.1. The maximum absolute atomic E-state index is 13.6. The van der Waals surface area contributed by atoms with Gasteiger partial charge in [-0.3, -0.25) is 9.10 Å². The molecule has 0 heterocycles. The zero-order valence-electron chi connectivity index (χ0n) is 20.4. The smallest absolute Gasteiger partial charge is 0.264 e. The van der Waals surface area contributed by atoms with Crippen LogP contribution in [0.2, 0.25) is 5.02 Å². The van der Waals surface area contributed by atoms with E-state index in [4.69, 9.17) is 11.6 Å². The molecule has 0 aliphatic carbocycles. The van der Waals surface area contributed by atoms with Gasteiger partial charge in [0.25, 0.3) is 10.0 Å². The van der Waals surface area contributed by atoms with E-state index in [0.717, 1.165) is 26.6 Å². The van der Waals surface area contributed by atoms with E-state index in [-0.39, 0.29) is 17.5 Å². The van der Waals surface area contributed by atoms with Crippen LogP contribution < -0.4 is 9.62 Å². The van der Waals surface area contributed by atoms with Crippen LogP contribution in [0.5, 0.6) is 0 Å². The molecule has 5 nitrogen and oxygen atoms in total. The van der Waals surface area contributed by atoms with Crippen LogP contribution in [0.3, 0.4) is 0 Å². The first-order valence-electron chi connectivity index (χ1n) is 11.1. The van der Waals surface area contributed by atoms with E-state index in [0.29, 0.717) is 16.3 Å². The second kappa shape index (κ2) is 10.2. The third-order valence-electron chi connectivity index (χ3n) is 6.05. The number of rotatable bonds is 7. The molecule has 7 heteroatoms. The van der Waals surface area contributed by atoms with E-state index in [1.165, 1.54) is 5.56 Å². The molecule has 0 unspecified atom stereocenters. The van der Waals surface area contributed by atoms with Gasteiger partial charge < -0.3 is 5.32 Å². The fourth-order valence-electron chi connectivity index (χ4n) is 3.98. The van der Waals surface area contributed by atoms with Gasteiger partial charge in [0.2, 0.25) is 5.91 Å². The van der Waals surface area contributed by atoms with Crippen LogP contribution in [-0.2, 0) is 14.8 Å². The van der Waals surface area contributed by atoms with Crippen LogP contribution in [0.1, 0.15) is 46.3 Å². The van der Waals surface area contributed by atoms with Crippen molar-refractivity contribution in [1.82, 2.24) is 5.32 Å². The number of anilines is 1. The summed E-state index contributed by atoms with van der Waals surface area (Å²) in [4.78, 5) is 13.3. The maximum atomic E-state index is 13.6. The topological polar surface area (TPSA) is 66.5 Å². The number of nitrogens with zero attached hydrogens (tertiary/aromatic N) is 1. The van der Waals surface area contributed by atoms with Crippen molar-refractivity contribution in [3.63, 3.8) is 0 Å². The first-order chi connectivity index (χ1) is 15.9. The number of carbonyl (C=O) groups excluding carboxylic acids is 1. The summed E-state index contributed by atoms with van der Waals surface area (Å²) in [7, 11) is -3.99. The molecule has 0 aliphatic heterocycles. The van der Waals surface area contributed by atoms with E-state index >= 15 is 0 Å². The Labute approximate surface area is 207 Å². The van der Waals surface area contributed by atoms with Crippen molar-refractivity contribution in [2.75, 3.05) is 10.8 Å². The van der Waals surface area contributed by atoms with Gasteiger partial charge in [0.05, 0.1) is 16.6 Å². The number of hydrogen-bond donors (Lipinski definition) is 1. The highest BCUT2D eigenvalue weighted by Crippen LogP contribution is 2.29. The number of benzene rings is 3. The third kappa shape index (κ3) is 5.62. The number of amides is 1. The second-order valence-electron chi connectivity index (χ2n) is 8.84. The summed E-state index contributed by atoms with van der Waals surface area (Å²) >= 11 is 6.10. The van der Waals surface area contributed by atoms with Crippen LogP contribution in [0, 0.1) is 34.6 Å². The maximum Gasteiger partial charge on any atom is 0.264 e. The normalized spacial score (nSPS) is 12.3. The number of nitrogens with one attached hydrogen (secondary N) is 1. The van der Waals surface area contributed by atoms with Gasteiger partial charge in [-0.15, -0.1) is 0 Å². The van der Waals surface area contributed by atoms with Gasteiger partial charge in [0.15, 0.2) is 0 Å². The van der Waals surface area contributed by atoms with Crippen molar-refractivity contribution >= 4 is 33.2 Å². The van der Waals surface area contributed by atoms with E-state index in [1.807, 2.05) is 27.7 Å². The van der Waals surface area contributed by atoms with Crippen LogP contribution >= 0.6 is 11.6 Å². The Morgan fingerprint density at radius 2 is 1.50 bits per heavy atom. The first kappa shape index (κ1) is 25.8. The molecule has 3 aromatic carbocycles. The molecule has 0 spiro atoms. The lowest BCUT2D eigenvalue weighted by molar-refractivity contribution is -0.120. The number of halogens is 1. The number of carbonyl (C=O) groups is 1. The highest BCUT2D eigenvalue weighted by molar-refractivity contribution is 7.92. The van der Waals surface area contributed by atoms with E-state index in [9.17, 15) is 13.2 Å². The van der Waals surface area contributed by atoms with E-state index < -0.39 is 15.9 Å². The minimum absolute atomic E-state index is 0.123. The lowest BCUT2D eigenvalue weighted by Gasteiger charge is -2.27. The number of hydrogen-bond acceptors (Lipinski definition) is 3. The summed E-state index contributed by atoms with van der Waals surface area (Å²) in [5.41, 5.74) is 6.43. The molecule has 3 aromatic rings. The average Bonchev–Trinajstić information content (AvgIpc) is 2.75. The van der Waals surface area contributed by atoms with Gasteiger partial charge in [-0.1, -0.05) is 41.4 Å². The van der Waals surface area contributed by atoms with Gasteiger partial charge in [-0.2, -0.15) is 0 Å². The fraction of sp³-hybridized carbons (Fsp3) is 0.296. The van der Waals surface area contributed by atoms with Gasteiger partial charge in [0, 0.05) is 5.02 Å². The van der Waals surface area contributed by atoms with Gasteiger partial charge in [-0.25, -0.2) is 8.42 Å².